The van der Waals surface area contributed by atoms with E-state index in [1.807, 2.05) is 12.1 Å². The Labute approximate surface area is 110 Å². The molecule has 0 spiro atoms. The van der Waals surface area contributed by atoms with Crippen molar-refractivity contribution in [2.45, 2.75) is 12.7 Å². The number of nitrogens with zero attached hydrogens (tertiary/aromatic N) is 2. The summed E-state index contributed by atoms with van der Waals surface area (Å²) < 4.78 is 39.1. The van der Waals surface area contributed by atoms with Crippen molar-refractivity contribution in [1.29, 1.82) is 0 Å². The highest BCUT2D eigenvalue weighted by molar-refractivity contribution is 14.1. The SMILES string of the molecule is FC(F)(F)Cn1ccnc1-c1ccc(I)cc1. The fourth-order valence-electron chi connectivity index (χ4n) is 1.49. The molecule has 0 amide bonds. The molecule has 0 N–H and O–H groups in total. The lowest BCUT2D eigenvalue weighted by Crippen LogP contribution is -2.17. The highest BCUT2D eigenvalue weighted by Gasteiger charge is 2.28. The van der Waals surface area contributed by atoms with Gasteiger partial charge in [-0.05, 0) is 34.7 Å². The van der Waals surface area contributed by atoms with E-state index in [0.717, 1.165) is 8.14 Å². The molecule has 0 atom stereocenters. The number of hydrogen-bond acceptors (Lipinski definition) is 1. The second kappa shape index (κ2) is 4.67. The Balaban J connectivity index is 2.33. The molecule has 0 aliphatic carbocycles. The number of halogens is 4. The van der Waals surface area contributed by atoms with E-state index in [2.05, 4.69) is 27.6 Å². The molecule has 0 bridgehead atoms. The number of aromatic nitrogens is 2. The molecular formula is C11H8F3IN2. The number of imidazole rings is 1. The maximum absolute atomic E-state index is 12.3. The van der Waals surface area contributed by atoms with E-state index in [-0.39, 0.29) is 0 Å². The molecule has 2 aromatic rings. The molecule has 0 unspecified atom stereocenters. The summed E-state index contributed by atoms with van der Waals surface area (Å²) in [6.07, 6.45) is -1.53. The summed E-state index contributed by atoms with van der Waals surface area (Å²) in [5.41, 5.74) is 0.680. The standard InChI is InChI=1S/C11H8F3IN2/c12-11(13,14)7-17-6-5-16-10(17)8-1-3-9(15)4-2-8/h1-6H,7H2. The quantitative estimate of drug-likeness (QED) is 0.754. The largest absolute Gasteiger partial charge is 0.406 e. The van der Waals surface area contributed by atoms with E-state index < -0.39 is 12.7 Å². The van der Waals surface area contributed by atoms with E-state index in [0.29, 0.717) is 11.4 Å². The lowest BCUT2D eigenvalue weighted by atomic mass is 10.2. The van der Waals surface area contributed by atoms with Gasteiger partial charge in [-0.3, -0.25) is 0 Å². The number of rotatable bonds is 2. The topological polar surface area (TPSA) is 17.8 Å². The van der Waals surface area contributed by atoms with Gasteiger partial charge < -0.3 is 4.57 Å². The summed E-state index contributed by atoms with van der Waals surface area (Å²) in [7, 11) is 0. The summed E-state index contributed by atoms with van der Waals surface area (Å²) in [5, 5.41) is 0. The first-order chi connectivity index (χ1) is 7.96. The molecule has 0 aliphatic rings. The summed E-state index contributed by atoms with van der Waals surface area (Å²) in [5.74, 6) is 0.332. The number of hydrogen-bond donors (Lipinski definition) is 0. The van der Waals surface area contributed by atoms with Crippen molar-refractivity contribution in [3.8, 4) is 11.4 Å². The van der Waals surface area contributed by atoms with Gasteiger partial charge in [0.2, 0.25) is 0 Å². The van der Waals surface area contributed by atoms with Gasteiger partial charge in [0.1, 0.15) is 12.4 Å². The van der Waals surface area contributed by atoms with Gasteiger partial charge >= 0.3 is 6.18 Å². The Kier molecular flexibility index (Phi) is 3.41. The third-order valence-electron chi connectivity index (χ3n) is 2.17. The molecule has 17 heavy (non-hydrogen) atoms. The maximum atomic E-state index is 12.3. The molecule has 0 saturated heterocycles. The van der Waals surface area contributed by atoms with Gasteiger partial charge in [-0.2, -0.15) is 13.2 Å². The van der Waals surface area contributed by atoms with Gasteiger partial charge in [-0.1, -0.05) is 12.1 Å². The molecule has 0 saturated carbocycles. The minimum atomic E-state index is -4.24. The monoisotopic (exact) mass is 352 g/mol. The lowest BCUT2D eigenvalue weighted by Gasteiger charge is -2.10. The summed E-state index contributed by atoms with van der Waals surface area (Å²) in [4.78, 5) is 3.96. The van der Waals surface area contributed by atoms with Crippen molar-refractivity contribution in [2.24, 2.45) is 0 Å². The van der Waals surface area contributed by atoms with Crippen LogP contribution in [0.1, 0.15) is 0 Å². The molecule has 2 nitrogen and oxygen atoms in total. The van der Waals surface area contributed by atoms with Gasteiger partial charge in [0, 0.05) is 21.5 Å². The van der Waals surface area contributed by atoms with Crippen molar-refractivity contribution in [1.82, 2.24) is 9.55 Å². The maximum Gasteiger partial charge on any atom is 0.406 e. The van der Waals surface area contributed by atoms with E-state index in [4.69, 9.17) is 0 Å². The minimum absolute atomic E-state index is 0.332. The Morgan fingerprint density at radius 1 is 1.18 bits per heavy atom. The van der Waals surface area contributed by atoms with Gasteiger partial charge in [0.05, 0.1) is 0 Å². The van der Waals surface area contributed by atoms with E-state index in [1.54, 1.807) is 12.1 Å². The first-order valence-electron chi connectivity index (χ1n) is 4.79. The third kappa shape index (κ3) is 3.21. The predicted molar refractivity (Wildman–Crippen MR) is 66.4 cm³/mol. The van der Waals surface area contributed by atoms with Crippen molar-refractivity contribution in [3.05, 3.63) is 40.2 Å². The van der Waals surface area contributed by atoms with Crippen LogP contribution in [-0.4, -0.2) is 15.7 Å². The first-order valence-corrected chi connectivity index (χ1v) is 5.87. The minimum Gasteiger partial charge on any atom is -0.322 e. The Morgan fingerprint density at radius 3 is 2.41 bits per heavy atom. The molecule has 2 rings (SSSR count). The predicted octanol–water partition coefficient (Wildman–Crippen LogP) is 3.72. The highest BCUT2D eigenvalue weighted by atomic mass is 127. The highest BCUT2D eigenvalue weighted by Crippen LogP contribution is 2.23. The fraction of sp³-hybridized carbons (Fsp3) is 0.182. The second-order valence-corrected chi connectivity index (χ2v) is 4.75. The van der Waals surface area contributed by atoms with Crippen LogP contribution in [0.5, 0.6) is 0 Å². The van der Waals surface area contributed by atoms with Gasteiger partial charge in [0.15, 0.2) is 0 Å². The Bertz CT molecular complexity index is 502. The van der Waals surface area contributed by atoms with Gasteiger partial charge in [0.25, 0.3) is 0 Å². The average Bonchev–Trinajstić information content (AvgIpc) is 2.64. The third-order valence-corrected chi connectivity index (χ3v) is 2.89. The lowest BCUT2D eigenvalue weighted by molar-refractivity contribution is -0.140. The van der Waals surface area contributed by atoms with E-state index >= 15 is 0 Å². The van der Waals surface area contributed by atoms with Crippen LogP contribution >= 0.6 is 22.6 Å². The number of benzene rings is 1. The average molecular weight is 352 g/mol. The molecule has 1 aromatic carbocycles. The van der Waals surface area contributed by atoms with Gasteiger partial charge in [-0.25, -0.2) is 4.98 Å². The molecule has 0 aliphatic heterocycles. The molecular weight excluding hydrogens is 344 g/mol. The van der Waals surface area contributed by atoms with E-state index in [9.17, 15) is 13.2 Å². The van der Waals surface area contributed by atoms with Crippen molar-refractivity contribution in [3.63, 3.8) is 0 Å². The van der Waals surface area contributed by atoms with E-state index in [1.165, 1.54) is 12.4 Å². The summed E-state index contributed by atoms with van der Waals surface area (Å²) >= 11 is 2.14. The Morgan fingerprint density at radius 2 is 1.82 bits per heavy atom. The van der Waals surface area contributed by atoms with Crippen LogP contribution < -0.4 is 0 Å². The smallest absolute Gasteiger partial charge is 0.322 e. The zero-order valence-electron chi connectivity index (χ0n) is 8.58. The van der Waals surface area contributed by atoms with Crippen LogP contribution in [0.2, 0.25) is 0 Å². The zero-order chi connectivity index (χ0) is 12.5. The molecule has 90 valence electrons. The van der Waals surface area contributed by atoms with Gasteiger partial charge in [-0.15, -0.1) is 0 Å². The fourth-order valence-corrected chi connectivity index (χ4v) is 1.85. The second-order valence-electron chi connectivity index (χ2n) is 3.50. The summed E-state index contributed by atoms with van der Waals surface area (Å²) in [6, 6.07) is 7.19. The van der Waals surface area contributed by atoms with Crippen LogP contribution in [0.3, 0.4) is 0 Å². The van der Waals surface area contributed by atoms with Crippen molar-refractivity contribution in [2.75, 3.05) is 0 Å². The zero-order valence-corrected chi connectivity index (χ0v) is 10.7. The molecule has 1 heterocycles. The number of alkyl halides is 3. The summed E-state index contributed by atoms with van der Waals surface area (Å²) in [6.45, 7) is -1.02. The molecule has 1 aromatic heterocycles. The normalized spacial score (nSPS) is 11.8. The molecule has 0 fully saturated rings. The van der Waals surface area contributed by atoms with Crippen molar-refractivity contribution < 1.29 is 13.2 Å². The van der Waals surface area contributed by atoms with Crippen LogP contribution in [0, 0.1) is 3.57 Å². The van der Waals surface area contributed by atoms with Crippen LogP contribution in [0.4, 0.5) is 13.2 Å². The van der Waals surface area contributed by atoms with Crippen LogP contribution in [0.25, 0.3) is 11.4 Å². The molecule has 6 heteroatoms. The Hall–Kier alpha value is -1.05. The first kappa shape index (κ1) is 12.4. The van der Waals surface area contributed by atoms with Crippen molar-refractivity contribution >= 4 is 22.6 Å². The molecule has 0 radical (unpaired) electrons. The van der Waals surface area contributed by atoms with Crippen LogP contribution in [0.15, 0.2) is 36.7 Å². The van der Waals surface area contributed by atoms with Crippen LogP contribution in [-0.2, 0) is 6.54 Å².